The molecule has 1 saturated heterocycles. The van der Waals surface area contributed by atoms with Crippen molar-refractivity contribution in [2.24, 2.45) is 0 Å². The number of piperidine rings is 1. The fourth-order valence-corrected chi connectivity index (χ4v) is 4.17. The topological polar surface area (TPSA) is 67.3 Å². The fourth-order valence-electron chi connectivity index (χ4n) is 3.56. The van der Waals surface area contributed by atoms with E-state index in [1.165, 1.54) is 36.7 Å². The number of nitrogens with one attached hydrogen (secondary N) is 1. The van der Waals surface area contributed by atoms with Gasteiger partial charge in [0.05, 0.1) is 18.6 Å². The highest BCUT2D eigenvalue weighted by atomic mass is 32.2. The van der Waals surface area contributed by atoms with Crippen LogP contribution in [0.4, 0.5) is 11.4 Å². The predicted molar refractivity (Wildman–Crippen MR) is 126 cm³/mol. The molecule has 160 valence electrons. The maximum atomic E-state index is 12.2. The van der Waals surface area contributed by atoms with Crippen LogP contribution in [0.15, 0.2) is 65.7 Å². The lowest BCUT2D eigenvalue weighted by Crippen LogP contribution is -2.29. The number of benzene rings is 2. The molecule has 7 heteroatoms. The minimum Gasteiger partial charge on any atom is -0.497 e. The number of hydrogen-bond donors (Lipinski definition) is 1. The van der Waals surface area contributed by atoms with Gasteiger partial charge in [-0.1, -0.05) is 23.9 Å². The van der Waals surface area contributed by atoms with Crippen LogP contribution in [0.2, 0.25) is 0 Å². The zero-order valence-electron chi connectivity index (χ0n) is 17.6. The van der Waals surface area contributed by atoms with Crippen LogP contribution in [0, 0.1) is 0 Å². The van der Waals surface area contributed by atoms with Gasteiger partial charge in [0.1, 0.15) is 10.8 Å². The Hall–Kier alpha value is -3.06. The molecule has 1 amide bonds. The van der Waals surface area contributed by atoms with E-state index in [1.807, 2.05) is 36.4 Å². The predicted octanol–water partition coefficient (Wildman–Crippen LogP) is 4.87. The first kappa shape index (κ1) is 21.2. The average molecular weight is 435 g/mol. The average Bonchev–Trinajstić information content (AvgIpc) is 2.84. The quantitative estimate of drug-likeness (QED) is 0.535. The van der Waals surface area contributed by atoms with Crippen molar-refractivity contribution >= 4 is 29.0 Å². The summed E-state index contributed by atoms with van der Waals surface area (Å²) in [6.07, 6.45) is 3.87. The fraction of sp³-hybridized carbons (Fsp3) is 0.292. The normalized spacial score (nSPS) is 13.6. The number of ether oxygens (including phenoxy) is 1. The lowest BCUT2D eigenvalue weighted by Gasteiger charge is -2.28. The standard InChI is InChI=1S/C24H26N4O2S/c1-30-21-11-7-19(8-12-21)25-23(29)17-31-24-14-13-22(26-27-24)18-5-9-20(10-6-18)28-15-3-2-4-16-28/h5-14H,2-4,15-17H2,1H3,(H,25,29). The van der Waals surface area contributed by atoms with Gasteiger partial charge in [-0.05, 0) is 67.8 Å². The largest absolute Gasteiger partial charge is 0.497 e. The van der Waals surface area contributed by atoms with Crippen LogP contribution in [0.5, 0.6) is 5.75 Å². The van der Waals surface area contributed by atoms with Gasteiger partial charge in [-0.3, -0.25) is 4.79 Å². The van der Waals surface area contributed by atoms with Crippen molar-refractivity contribution in [3.05, 3.63) is 60.7 Å². The van der Waals surface area contributed by atoms with Crippen molar-refractivity contribution in [3.63, 3.8) is 0 Å². The van der Waals surface area contributed by atoms with E-state index < -0.39 is 0 Å². The highest BCUT2D eigenvalue weighted by Crippen LogP contribution is 2.25. The second kappa shape index (κ2) is 10.3. The molecule has 4 rings (SSSR count). The highest BCUT2D eigenvalue weighted by molar-refractivity contribution is 7.99. The molecule has 1 fully saturated rings. The van der Waals surface area contributed by atoms with Gasteiger partial charge in [-0.25, -0.2) is 0 Å². The van der Waals surface area contributed by atoms with E-state index in [9.17, 15) is 4.79 Å². The van der Waals surface area contributed by atoms with Gasteiger partial charge >= 0.3 is 0 Å². The van der Waals surface area contributed by atoms with E-state index in [1.54, 1.807) is 7.11 Å². The Bertz CT molecular complexity index is 986. The van der Waals surface area contributed by atoms with Gasteiger partial charge in [0, 0.05) is 30.0 Å². The molecule has 1 aromatic heterocycles. The van der Waals surface area contributed by atoms with Gasteiger partial charge < -0.3 is 15.0 Å². The monoisotopic (exact) mass is 434 g/mol. The summed E-state index contributed by atoms with van der Waals surface area (Å²) < 4.78 is 5.12. The van der Waals surface area contributed by atoms with E-state index in [-0.39, 0.29) is 11.7 Å². The molecule has 1 aliphatic rings. The highest BCUT2D eigenvalue weighted by Gasteiger charge is 2.11. The number of anilines is 2. The molecular weight excluding hydrogens is 408 g/mol. The molecule has 3 aromatic rings. The van der Waals surface area contributed by atoms with Crippen LogP contribution in [-0.2, 0) is 4.79 Å². The Morgan fingerprint density at radius 1 is 0.968 bits per heavy atom. The number of aromatic nitrogens is 2. The molecule has 1 aliphatic heterocycles. The van der Waals surface area contributed by atoms with Gasteiger partial charge in [0.15, 0.2) is 0 Å². The number of hydrogen-bond acceptors (Lipinski definition) is 6. The summed E-state index contributed by atoms with van der Waals surface area (Å²) in [5.74, 6) is 0.933. The first-order valence-electron chi connectivity index (χ1n) is 10.5. The number of amides is 1. The molecule has 0 unspecified atom stereocenters. The maximum Gasteiger partial charge on any atom is 0.234 e. The summed E-state index contributed by atoms with van der Waals surface area (Å²) in [5.41, 5.74) is 3.88. The Morgan fingerprint density at radius 2 is 1.71 bits per heavy atom. The van der Waals surface area contributed by atoms with Crippen LogP contribution in [0.25, 0.3) is 11.3 Å². The van der Waals surface area contributed by atoms with Crippen LogP contribution >= 0.6 is 11.8 Å². The first-order valence-corrected chi connectivity index (χ1v) is 11.5. The second-order valence-corrected chi connectivity index (χ2v) is 8.41. The van der Waals surface area contributed by atoms with E-state index in [4.69, 9.17) is 4.74 Å². The number of thioether (sulfide) groups is 1. The summed E-state index contributed by atoms with van der Waals surface area (Å²) in [5, 5.41) is 12.2. The van der Waals surface area contributed by atoms with Crippen LogP contribution in [0.3, 0.4) is 0 Å². The Balaban J connectivity index is 1.30. The van der Waals surface area contributed by atoms with Crippen molar-refractivity contribution in [2.45, 2.75) is 24.3 Å². The third-order valence-corrected chi connectivity index (χ3v) is 6.17. The molecule has 2 heterocycles. The summed E-state index contributed by atoms with van der Waals surface area (Å²) in [7, 11) is 1.61. The third-order valence-electron chi connectivity index (χ3n) is 5.25. The van der Waals surface area contributed by atoms with Crippen molar-refractivity contribution in [1.29, 1.82) is 0 Å². The summed E-state index contributed by atoms with van der Waals surface area (Å²) in [6, 6.07) is 19.6. The van der Waals surface area contributed by atoms with Crippen molar-refractivity contribution in [2.75, 3.05) is 36.2 Å². The molecule has 31 heavy (non-hydrogen) atoms. The summed E-state index contributed by atoms with van der Waals surface area (Å²) in [6.45, 7) is 2.27. The molecule has 0 spiro atoms. The maximum absolute atomic E-state index is 12.2. The van der Waals surface area contributed by atoms with Crippen molar-refractivity contribution in [1.82, 2.24) is 10.2 Å². The number of carbonyl (C=O) groups is 1. The van der Waals surface area contributed by atoms with Crippen LogP contribution in [-0.4, -0.2) is 42.1 Å². The van der Waals surface area contributed by atoms with E-state index in [2.05, 4.69) is 44.7 Å². The minimum absolute atomic E-state index is 0.0886. The van der Waals surface area contributed by atoms with Gasteiger partial charge in [-0.15, -0.1) is 10.2 Å². The Morgan fingerprint density at radius 3 is 2.35 bits per heavy atom. The lowest BCUT2D eigenvalue weighted by molar-refractivity contribution is -0.113. The third kappa shape index (κ3) is 5.76. The molecular formula is C24H26N4O2S. The van der Waals surface area contributed by atoms with Crippen molar-refractivity contribution < 1.29 is 9.53 Å². The second-order valence-electron chi connectivity index (χ2n) is 7.42. The Labute approximate surface area is 187 Å². The smallest absolute Gasteiger partial charge is 0.234 e. The summed E-state index contributed by atoms with van der Waals surface area (Å²) >= 11 is 1.36. The molecule has 0 radical (unpaired) electrons. The number of rotatable bonds is 7. The number of carbonyl (C=O) groups excluding carboxylic acids is 1. The van der Waals surface area contributed by atoms with Crippen LogP contribution in [0.1, 0.15) is 19.3 Å². The zero-order chi connectivity index (χ0) is 21.5. The summed E-state index contributed by atoms with van der Waals surface area (Å²) in [4.78, 5) is 14.6. The molecule has 2 aromatic carbocycles. The molecule has 0 atom stereocenters. The van der Waals surface area contributed by atoms with E-state index in [0.29, 0.717) is 0 Å². The van der Waals surface area contributed by atoms with Gasteiger partial charge in [0.25, 0.3) is 0 Å². The molecule has 0 bridgehead atoms. The SMILES string of the molecule is COc1ccc(NC(=O)CSc2ccc(-c3ccc(N4CCCCC4)cc3)nn2)cc1. The van der Waals surface area contributed by atoms with Gasteiger partial charge in [0.2, 0.25) is 5.91 Å². The first-order chi connectivity index (χ1) is 15.2. The van der Waals surface area contributed by atoms with Gasteiger partial charge in [-0.2, -0.15) is 0 Å². The number of nitrogens with zero attached hydrogens (tertiary/aromatic N) is 3. The van der Waals surface area contributed by atoms with Crippen LogP contribution < -0.4 is 15.0 Å². The van der Waals surface area contributed by atoms with Crippen molar-refractivity contribution in [3.8, 4) is 17.0 Å². The zero-order valence-corrected chi connectivity index (χ0v) is 18.4. The van der Waals surface area contributed by atoms with E-state index in [0.717, 1.165) is 40.8 Å². The van der Waals surface area contributed by atoms with E-state index >= 15 is 0 Å². The Kier molecular flexibility index (Phi) is 7.04. The molecule has 6 nitrogen and oxygen atoms in total. The molecule has 0 aliphatic carbocycles. The lowest BCUT2D eigenvalue weighted by atomic mass is 10.1. The molecule has 1 N–H and O–H groups in total. The molecule has 0 saturated carbocycles. The number of methoxy groups -OCH3 is 1. The minimum atomic E-state index is -0.0886.